The van der Waals surface area contributed by atoms with Crippen molar-refractivity contribution in [1.29, 1.82) is 0 Å². The van der Waals surface area contributed by atoms with E-state index in [0.29, 0.717) is 0 Å². The molecule has 0 bridgehead atoms. The third-order valence-electron chi connectivity index (χ3n) is 3.07. The van der Waals surface area contributed by atoms with Gasteiger partial charge in [0.25, 0.3) is 0 Å². The fourth-order valence-electron chi connectivity index (χ4n) is 2.01. The van der Waals surface area contributed by atoms with E-state index in [9.17, 15) is 4.79 Å². The van der Waals surface area contributed by atoms with Crippen molar-refractivity contribution in [2.75, 3.05) is 0 Å². The number of rotatable bonds is 1. The van der Waals surface area contributed by atoms with Gasteiger partial charge >= 0.3 is 0 Å². The van der Waals surface area contributed by atoms with Gasteiger partial charge in [-0.1, -0.05) is 36.8 Å². The molecule has 3 heteroatoms. The van der Waals surface area contributed by atoms with E-state index < -0.39 is 0 Å². The number of amides is 1. The number of nitrogens with two attached hydrogens (primary N) is 1. The highest BCUT2D eigenvalue weighted by Crippen LogP contribution is 2.27. The Kier molecular flexibility index (Phi) is 2.49. The van der Waals surface area contributed by atoms with E-state index in [-0.39, 0.29) is 23.9 Å². The molecule has 1 aliphatic heterocycles. The fourth-order valence-corrected chi connectivity index (χ4v) is 2.01. The fraction of sp³-hybridized carbons (Fsp3) is 0.417. The molecule has 0 saturated carbocycles. The van der Waals surface area contributed by atoms with Crippen LogP contribution in [0.3, 0.4) is 0 Å². The van der Waals surface area contributed by atoms with Gasteiger partial charge in [-0.15, -0.1) is 0 Å². The number of nitrogens with one attached hydrogen (secondary N) is 1. The van der Waals surface area contributed by atoms with Crippen LogP contribution >= 0.6 is 0 Å². The maximum absolute atomic E-state index is 11.5. The van der Waals surface area contributed by atoms with Gasteiger partial charge < -0.3 is 11.1 Å². The molecule has 80 valence electrons. The maximum atomic E-state index is 11.5. The van der Waals surface area contributed by atoms with Crippen LogP contribution in [0.4, 0.5) is 0 Å². The van der Waals surface area contributed by atoms with Gasteiger partial charge in [-0.3, -0.25) is 4.79 Å². The first-order valence-corrected chi connectivity index (χ1v) is 5.22. The number of carbonyl (C=O) groups is 1. The van der Waals surface area contributed by atoms with Gasteiger partial charge in [0.1, 0.15) is 0 Å². The normalized spacial score (nSPS) is 30.3. The second-order valence-electron chi connectivity index (χ2n) is 4.27. The molecule has 0 aromatic heterocycles. The van der Waals surface area contributed by atoms with Gasteiger partial charge in [0, 0.05) is 6.04 Å². The van der Waals surface area contributed by atoms with Crippen LogP contribution in [-0.4, -0.2) is 11.9 Å². The van der Waals surface area contributed by atoms with E-state index in [1.165, 1.54) is 5.56 Å². The molecular formula is C12H16N2O. The van der Waals surface area contributed by atoms with Crippen molar-refractivity contribution in [2.24, 2.45) is 11.7 Å². The van der Waals surface area contributed by atoms with Crippen molar-refractivity contribution in [1.82, 2.24) is 5.32 Å². The highest BCUT2D eigenvalue weighted by Gasteiger charge is 2.37. The maximum Gasteiger partial charge on any atom is 0.225 e. The van der Waals surface area contributed by atoms with Gasteiger partial charge in [0.15, 0.2) is 0 Å². The Morgan fingerprint density at radius 2 is 2.13 bits per heavy atom. The molecule has 1 heterocycles. The Bertz CT molecular complexity index is 389. The summed E-state index contributed by atoms with van der Waals surface area (Å²) in [6.45, 7) is 3.91. The minimum absolute atomic E-state index is 0.0348. The average Bonchev–Trinajstić information content (AvgIpc) is 2.46. The zero-order valence-corrected chi connectivity index (χ0v) is 9.03. The lowest BCUT2D eigenvalue weighted by atomic mass is 9.95. The topological polar surface area (TPSA) is 55.1 Å². The van der Waals surface area contributed by atoms with Gasteiger partial charge in [0.05, 0.1) is 12.0 Å². The third-order valence-corrected chi connectivity index (χ3v) is 3.07. The van der Waals surface area contributed by atoms with Crippen LogP contribution in [0.1, 0.15) is 24.1 Å². The molecule has 0 aliphatic carbocycles. The summed E-state index contributed by atoms with van der Waals surface area (Å²) in [7, 11) is 0. The van der Waals surface area contributed by atoms with Crippen molar-refractivity contribution >= 4 is 5.91 Å². The monoisotopic (exact) mass is 204 g/mol. The Morgan fingerprint density at radius 3 is 2.67 bits per heavy atom. The largest absolute Gasteiger partial charge is 0.347 e. The Labute approximate surface area is 89.7 Å². The SMILES string of the molecule is Cc1cccc([C@H]2NC(=O)C(C)[C@@H]2N)c1. The molecule has 3 atom stereocenters. The van der Waals surface area contributed by atoms with Crippen LogP contribution in [0.2, 0.25) is 0 Å². The van der Waals surface area contributed by atoms with E-state index in [1.54, 1.807) is 0 Å². The van der Waals surface area contributed by atoms with Crippen molar-refractivity contribution in [3.8, 4) is 0 Å². The van der Waals surface area contributed by atoms with Crippen molar-refractivity contribution in [3.05, 3.63) is 35.4 Å². The lowest BCUT2D eigenvalue weighted by Crippen LogP contribution is -2.31. The van der Waals surface area contributed by atoms with Crippen molar-refractivity contribution in [3.63, 3.8) is 0 Å². The summed E-state index contributed by atoms with van der Waals surface area (Å²) >= 11 is 0. The minimum atomic E-state index is -0.126. The minimum Gasteiger partial charge on any atom is -0.347 e. The summed E-state index contributed by atoms with van der Waals surface area (Å²) in [6.07, 6.45) is 0. The van der Waals surface area contributed by atoms with Crippen LogP contribution in [-0.2, 0) is 4.79 Å². The Hall–Kier alpha value is -1.35. The predicted octanol–water partition coefficient (Wildman–Crippen LogP) is 1.13. The molecule has 1 aliphatic rings. The van der Waals surface area contributed by atoms with E-state index in [0.717, 1.165) is 5.56 Å². The molecule has 1 amide bonds. The van der Waals surface area contributed by atoms with Crippen LogP contribution in [0, 0.1) is 12.8 Å². The summed E-state index contributed by atoms with van der Waals surface area (Å²) in [5.41, 5.74) is 8.30. The number of carbonyl (C=O) groups excluding carboxylic acids is 1. The zero-order chi connectivity index (χ0) is 11.0. The van der Waals surface area contributed by atoms with Crippen molar-refractivity contribution in [2.45, 2.75) is 25.9 Å². The van der Waals surface area contributed by atoms with E-state index in [4.69, 9.17) is 5.73 Å². The molecule has 3 N–H and O–H groups in total. The first kappa shape index (κ1) is 10.2. The number of hydrogen-bond donors (Lipinski definition) is 2. The quantitative estimate of drug-likeness (QED) is 0.720. The van der Waals surface area contributed by atoms with Gasteiger partial charge in [-0.05, 0) is 12.5 Å². The van der Waals surface area contributed by atoms with E-state index in [1.807, 2.05) is 32.0 Å². The number of hydrogen-bond acceptors (Lipinski definition) is 2. The molecule has 1 fully saturated rings. The van der Waals surface area contributed by atoms with Gasteiger partial charge in [0.2, 0.25) is 5.91 Å². The molecule has 1 aromatic carbocycles. The highest BCUT2D eigenvalue weighted by molar-refractivity contribution is 5.82. The highest BCUT2D eigenvalue weighted by atomic mass is 16.2. The second-order valence-corrected chi connectivity index (χ2v) is 4.27. The average molecular weight is 204 g/mol. The lowest BCUT2D eigenvalue weighted by molar-refractivity contribution is -0.122. The molecule has 0 spiro atoms. The summed E-state index contributed by atoms with van der Waals surface area (Å²) < 4.78 is 0. The van der Waals surface area contributed by atoms with E-state index in [2.05, 4.69) is 11.4 Å². The smallest absolute Gasteiger partial charge is 0.225 e. The molecule has 1 saturated heterocycles. The molecule has 0 radical (unpaired) electrons. The first-order valence-electron chi connectivity index (χ1n) is 5.22. The molecule has 3 nitrogen and oxygen atoms in total. The lowest BCUT2D eigenvalue weighted by Gasteiger charge is -2.17. The van der Waals surface area contributed by atoms with Crippen LogP contribution < -0.4 is 11.1 Å². The van der Waals surface area contributed by atoms with E-state index >= 15 is 0 Å². The summed E-state index contributed by atoms with van der Waals surface area (Å²) in [5, 5.41) is 2.93. The molecular weight excluding hydrogens is 188 g/mol. The second kappa shape index (κ2) is 3.66. The van der Waals surface area contributed by atoms with Crippen LogP contribution in [0.25, 0.3) is 0 Å². The van der Waals surface area contributed by atoms with Crippen molar-refractivity contribution < 1.29 is 4.79 Å². The van der Waals surface area contributed by atoms with Gasteiger partial charge in [-0.25, -0.2) is 0 Å². The molecule has 15 heavy (non-hydrogen) atoms. The molecule has 1 unspecified atom stereocenters. The number of aryl methyl sites for hydroxylation is 1. The molecule has 2 rings (SSSR count). The summed E-state index contributed by atoms with van der Waals surface area (Å²) in [6, 6.07) is 7.95. The standard InChI is InChI=1S/C12H16N2O/c1-7-4-3-5-9(6-7)11-10(13)8(2)12(15)14-11/h3-6,8,10-11H,13H2,1-2H3,(H,14,15)/t8?,10-,11+/m0/s1. The van der Waals surface area contributed by atoms with Gasteiger partial charge in [-0.2, -0.15) is 0 Å². The van der Waals surface area contributed by atoms with Crippen LogP contribution in [0.15, 0.2) is 24.3 Å². The predicted molar refractivity (Wildman–Crippen MR) is 59.2 cm³/mol. The zero-order valence-electron chi connectivity index (χ0n) is 9.03. The Balaban J connectivity index is 2.29. The summed E-state index contributed by atoms with van der Waals surface area (Å²) in [5.74, 6) is -0.0514. The molecule has 1 aromatic rings. The number of benzene rings is 1. The van der Waals surface area contributed by atoms with Crippen LogP contribution in [0.5, 0.6) is 0 Å². The first-order chi connectivity index (χ1) is 7.09. The Morgan fingerprint density at radius 1 is 1.40 bits per heavy atom. The summed E-state index contributed by atoms with van der Waals surface area (Å²) in [4.78, 5) is 11.5. The third kappa shape index (κ3) is 1.75.